The minimum atomic E-state index is -0.224. The zero-order valence-electron chi connectivity index (χ0n) is 15.1. The molecule has 1 heterocycles. The summed E-state index contributed by atoms with van der Waals surface area (Å²) in [6.45, 7) is 1.62. The summed E-state index contributed by atoms with van der Waals surface area (Å²) < 4.78 is 5.82. The Labute approximate surface area is 158 Å². The van der Waals surface area contributed by atoms with Crippen molar-refractivity contribution in [2.75, 3.05) is 25.0 Å². The number of hydrogen-bond donors (Lipinski definition) is 3. The highest BCUT2D eigenvalue weighted by Crippen LogP contribution is 2.15. The van der Waals surface area contributed by atoms with Crippen LogP contribution in [0, 0.1) is 0 Å². The van der Waals surface area contributed by atoms with Gasteiger partial charge in [0.1, 0.15) is 0 Å². The minimum absolute atomic E-state index is 0.0570. The third-order valence-corrected chi connectivity index (χ3v) is 4.46. The van der Waals surface area contributed by atoms with E-state index in [1.807, 2.05) is 54.6 Å². The molecule has 2 aromatic carbocycles. The van der Waals surface area contributed by atoms with Crippen LogP contribution in [0.3, 0.4) is 0 Å². The van der Waals surface area contributed by atoms with Gasteiger partial charge in [-0.25, -0.2) is 10.6 Å². The van der Waals surface area contributed by atoms with Crippen molar-refractivity contribution in [3.8, 4) is 0 Å². The van der Waals surface area contributed by atoms with Crippen LogP contribution in [-0.2, 0) is 22.4 Å². The molecule has 0 radical (unpaired) electrons. The molecule has 0 aliphatic carbocycles. The number of morpholine rings is 1. The predicted octanol–water partition coefficient (Wildman–Crippen LogP) is 1.69. The second-order valence-corrected chi connectivity index (χ2v) is 6.50. The van der Waals surface area contributed by atoms with Crippen LogP contribution in [0.15, 0.2) is 54.6 Å². The quantitative estimate of drug-likeness (QED) is 0.425. The molecule has 1 saturated heterocycles. The summed E-state index contributed by atoms with van der Waals surface area (Å²) in [4.78, 5) is 25.5. The van der Waals surface area contributed by atoms with Crippen molar-refractivity contribution in [1.29, 1.82) is 0 Å². The number of carbonyl (C=O) groups excluding carboxylic acids is 2. The van der Waals surface area contributed by atoms with Gasteiger partial charge in [-0.05, 0) is 23.3 Å². The minimum Gasteiger partial charge on any atom is -0.374 e. The summed E-state index contributed by atoms with van der Waals surface area (Å²) in [5, 5.41) is 2.91. The highest BCUT2D eigenvalue weighted by atomic mass is 16.5. The van der Waals surface area contributed by atoms with Gasteiger partial charge in [-0.15, -0.1) is 0 Å². The maximum atomic E-state index is 12.5. The Morgan fingerprint density at radius 3 is 2.48 bits per heavy atom. The number of carbonyl (C=O) groups is 2. The number of nitrogens with zero attached hydrogens (tertiary/aromatic N) is 1. The van der Waals surface area contributed by atoms with E-state index in [1.165, 1.54) is 0 Å². The largest absolute Gasteiger partial charge is 0.374 e. The molecule has 1 unspecified atom stereocenters. The number of amides is 3. The molecule has 1 aliphatic rings. The maximum Gasteiger partial charge on any atom is 0.322 e. The van der Waals surface area contributed by atoms with Gasteiger partial charge in [0.25, 0.3) is 0 Å². The SMILES string of the molecule is NNC(=O)Cc1ccc(CC2CN(C(=O)Nc3ccccc3)CCO2)cc1. The van der Waals surface area contributed by atoms with Crippen molar-refractivity contribution >= 4 is 17.6 Å². The van der Waals surface area contributed by atoms with E-state index in [1.54, 1.807) is 4.90 Å². The molecule has 4 N–H and O–H groups in total. The molecule has 27 heavy (non-hydrogen) atoms. The number of nitrogens with one attached hydrogen (secondary N) is 2. The number of nitrogens with two attached hydrogens (primary N) is 1. The number of benzene rings is 2. The first-order valence-electron chi connectivity index (χ1n) is 8.94. The topological polar surface area (TPSA) is 96.7 Å². The van der Waals surface area contributed by atoms with E-state index >= 15 is 0 Å². The standard InChI is InChI=1S/C20H24N4O3/c21-23-19(25)13-16-8-6-15(7-9-16)12-18-14-24(10-11-27-18)20(26)22-17-4-2-1-3-5-17/h1-9,18H,10-14,21H2,(H,22,26)(H,23,25). The Kier molecular flexibility index (Phi) is 6.40. The van der Waals surface area contributed by atoms with E-state index in [9.17, 15) is 9.59 Å². The Morgan fingerprint density at radius 2 is 1.78 bits per heavy atom. The molecule has 0 spiro atoms. The summed E-state index contributed by atoms with van der Waals surface area (Å²) >= 11 is 0. The third-order valence-electron chi connectivity index (χ3n) is 4.46. The van der Waals surface area contributed by atoms with Crippen LogP contribution in [-0.4, -0.2) is 42.6 Å². The van der Waals surface area contributed by atoms with Crippen LogP contribution >= 0.6 is 0 Å². The van der Waals surface area contributed by atoms with E-state index < -0.39 is 0 Å². The normalized spacial score (nSPS) is 16.6. The molecule has 7 heteroatoms. The average Bonchev–Trinajstić information content (AvgIpc) is 2.70. The molecule has 2 aromatic rings. The van der Waals surface area contributed by atoms with Gasteiger partial charge in [-0.1, -0.05) is 42.5 Å². The van der Waals surface area contributed by atoms with Gasteiger partial charge in [0.2, 0.25) is 5.91 Å². The summed E-state index contributed by atoms with van der Waals surface area (Å²) in [7, 11) is 0. The fraction of sp³-hybridized carbons (Fsp3) is 0.300. The van der Waals surface area contributed by atoms with E-state index in [2.05, 4.69) is 10.7 Å². The van der Waals surface area contributed by atoms with Crippen LogP contribution in [0.1, 0.15) is 11.1 Å². The lowest BCUT2D eigenvalue weighted by Crippen LogP contribution is -2.48. The molecule has 0 aromatic heterocycles. The van der Waals surface area contributed by atoms with Crippen LogP contribution in [0.25, 0.3) is 0 Å². The lowest BCUT2D eigenvalue weighted by atomic mass is 10.0. The Balaban J connectivity index is 1.53. The summed E-state index contributed by atoms with van der Waals surface area (Å²) in [6.07, 6.45) is 0.904. The van der Waals surface area contributed by atoms with Crippen LogP contribution < -0.4 is 16.6 Å². The number of anilines is 1. The molecule has 1 aliphatic heterocycles. The van der Waals surface area contributed by atoms with E-state index in [0.717, 1.165) is 16.8 Å². The van der Waals surface area contributed by atoms with Crippen molar-refractivity contribution in [1.82, 2.24) is 10.3 Å². The highest BCUT2D eigenvalue weighted by Gasteiger charge is 2.24. The number of urea groups is 1. The Bertz CT molecular complexity index is 765. The number of para-hydroxylation sites is 1. The van der Waals surface area contributed by atoms with Crippen molar-refractivity contribution in [3.05, 3.63) is 65.7 Å². The third kappa shape index (κ3) is 5.54. The first kappa shape index (κ1) is 18.9. The van der Waals surface area contributed by atoms with Gasteiger partial charge in [0, 0.05) is 25.2 Å². The number of hydrogen-bond acceptors (Lipinski definition) is 4. The van der Waals surface area contributed by atoms with E-state index in [0.29, 0.717) is 26.1 Å². The van der Waals surface area contributed by atoms with Crippen LogP contribution in [0.2, 0.25) is 0 Å². The number of ether oxygens (including phenoxy) is 1. The lowest BCUT2D eigenvalue weighted by Gasteiger charge is -2.33. The fourth-order valence-corrected chi connectivity index (χ4v) is 3.04. The van der Waals surface area contributed by atoms with Gasteiger partial charge in [-0.3, -0.25) is 10.2 Å². The average molecular weight is 368 g/mol. The van der Waals surface area contributed by atoms with Crippen molar-refractivity contribution in [2.45, 2.75) is 18.9 Å². The monoisotopic (exact) mass is 368 g/mol. The molecule has 142 valence electrons. The van der Waals surface area contributed by atoms with E-state index in [4.69, 9.17) is 10.6 Å². The predicted molar refractivity (Wildman–Crippen MR) is 103 cm³/mol. The molecular formula is C20H24N4O3. The molecule has 1 fully saturated rings. The molecule has 0 saturated carbocycles. The molecule has 3 rings (SSSR count). The highest BCUT2D eigenvalue weighted by molar-refractivity contribution is 5.89. The summed E-state index contributed by atoms with van der Waals surface area (Å²) in [5.74, 6) is 4.88. The van der Waals surface area contributed by atoms with E-state index in [-0.39, 0.29) is 24.5 Å². The molecule has 7 nitrogen and oxygen atoms in total. The summed E-state index contributed by atoms with van der Waals surface area (Å²) in [6, 6.07) is 17.1. The van der Waals surface area contributed by atoms with Crippen molar-refractivity contribution < 1.29 is 14.3 Å². The van der Waals surface area contributed by atoms with Gasteiger partial charge in [0.05, 0.1) is 19.1 Å². The van der Waals surface area contributed by atoms with Gasteiger partial charge < -0.3 is 15.0 Å². The Morgan fingerprint density at radius 1 is 1.07 bits per heavy atom. The Hall–Kier alpha value is -2.90. The van der Waals surface area contributed by atoms with Crippen LogP contribution in [0.5, 0.6) is 0 Å². The smallest absolute Gasteiger partial charge is 0.322 e. The number of rotatable bonds is 5. The maximum absolute atomic E-state index is 12.5. The lowest BCUT2D eigenvalue weighted by molar-refractivity contribution is -0.120. The zero-order valence-corrected chi connectivity index (χ0v) is 15.1. The second-order valence-electron chi connectivity index (χ2n) is 6.50. The van der Waals surface area contributed by atoms with Crippen LogP contribution in [0.4, 0.5) is 10.5 Å². The molecule has 1 atom stereocenters. The van der Waals surface area contributed by atoms with Gasteiger partial charge >= 0.3 is 6.03 Å². The zero-order chi connectivity index (χ0) is 19.1. The van der Waals surface area contributed by atoms with Gasteiger partial charge in [-0.2, -0.15) is 0 Å². The molecule has 3 amide bonds. The molecule has 0 bridgehead atoms. The first-order chi connectivity index (χ1) is 13.1. The van der Waals surface area contributed by atoms with Gasteiger partial charge in [0.15, 0.2) is 0 Å². The van der Waals surface area contributed by atoms with Crippen molar-refractivity contribution in [2.24, 2.45) is 5.84 Å². The van der Waals surface area contributed by atoms with Crippen molar-refractivity contribution in [3.63, 3.8) is 0 Å². The molecular weight excluding hydrogens is 344 g/mol. The first-order valence-corrected chi connectivity index (χ1v) is 8.94. The fourth-order valence-electron chi connectivity index (χ4n) is 3.04. The second kappa shape index (κ2) is 9.16. The number of hydrazine groups is 1. The summed E-state index contributed by atoms with van der Waals surface area (Å²) in [5.41, 5.74) is 4.90.